The molecule has 1 N–H and O–H groups in total. The van der Waals surface area contributed by atoms with Gasteiger partial charge in [0.05, 0.1) is 25.3 Å². The number of benzene rings is 2. The number of nitrogens with one attached hydrogen (secondary N) is 1. The maximum atomic E-state index is 12.9. The molecule has 126 valence electrons. The standard InChI is InChI=1S/C19H17N3O3/c1-19(15-6-8-16(25-2)9-7-15)17(23)22(18(24)21-19)12-14-5-3-4-13(10-14)11-20/h3-10H,12H2,1-2H3,(H,21,24). The first-order valence-electron chi connectivity index (χ1n) is 7.75. The van der Waals surface area contributed by atoms with Crippen molar-refractivity contribution >= 4 is 11.9 Å². The van der Waals surface area contributed by atoms with Crippen molar-refractivity contribution in [3.63, 3.8) is 0 Å². The summed E-state index contributed by atoms with van der Waals surface area (Å²) in [6.07, 6.45) is 0. The number of rotatable bonds is 4. The Labute approximate surface area is 145 Å². The summed E-state index contributed by atoms with van der Waals surface area (Å²) in [5.41, 5.74) is 0.764. The van der Waals surface area contributed by atoms with Gasteiger partial charge < -0.3 is 10.1 Å². The smallest absolute Gasteiger partial charge is 0.325 e. The number of hydrogen-bond donors (Lipinski definition) is 1. The second-order valence-electron chi connectivity index (χ2n) is 5.99. The van der Waals surface area contributed by atoms with E-state index in [1.807, 2.05) is 0 Å². The van der Waals surface area contributed by atoms with Crippen LogP contribution in [0.25, 0.3) is 0 Å². The van der Waals surface area contributed by atoms with Gasteiger partial charge in [-0.05, 0) is 42.3 Å². The lowest BCUT2D eigenvalue weighted by molar-refractivity contribution is -0.131. The van der Waals surface area contributed by atoms with Crippen LogP contribution in [-0.4, -0.2) is 23.9 Å². The molecule has 1 atom stereocenters. The van der Waals surface area contributed by atoms with Gasteiger partial charge in [0.25, 0.3) is 5.91 Å². The van der Waals surface area contributed by atoms with Crippen LogP contribution in [0.5, 0.6) is 5.75 Å². The quantitative estimate of drug-likeness (QED) is 0.871. The molecule has 1 saturated heterocycles. The van der Waals surface area contributed by atoms with Gasteiger partial charge in [0, 0.05) is 0 Å². The number of methoxy groups -OCH3 is 1. The van der Waals surface area contributed by atoms with Crippen LogP contribution >= 0.6 is 0 Å². The summed E-state index contributed by atoms with van der Waals surface area (Å²) in [5.74, 6) is 0.347. The third kappa shape index (κ3) is 2.92. The Hall–Kier alpha value is -3.33. The number of nitriles is 1. The lowest BCUT2D eigenvalue weighted by Gasteiger charge is -2.22. The van der Waals surface area contributed by atoms with Crippen molar-refractivity contribution in [2.24, 2.45) is 0 Å². The normalized spacial score (nSPS) is 19.5. The molecule has 25 heavy (non-hydrogen) atoms. The van der Waals surface area contributed by atoms with Crippen molar-refractivity contribution in [1.29, 1.82) is 5.26 Å². The van der Waals surface area contributed by atoms with E-state index in [0.29, 0.717) is 16.9 Å². The summed E-state index contributed by atoms with van der Waals surface area (Å²) in [6.45, 7) is 1.80. The Morgan fingerprint density at radius 1 is 1.20 bits per heavy atom. The van der Waals surface area contributed by atoms with Crippen molar-refractivity contribution in [1.82, 2.24) is 10.2 Å². The molecular formula is C19H17N3O3. The summed E-state index contributed by atoms with van der Waals surface area (Å²) in [6, 6.07) is 15.5. The van der Waals surface area contributed by atoms with Gasteiger partial charge in [-0.3, -0.25) is 9.69 Å². The summed E-state index contributed by atoms with van der Waals surface area (Å²) < 4.78 is 5.13. The van der Waals surface area contributed by atoms with E-state index in [9.17, 15) is 9.59 Å². The summed E-state index contributed by atoms with van der Waals surface area (Å²) >= 11 is 0. The topological polar surface area (TPSA) is 82.4 Å². The number of carbonyl (C=O) groups excluding carboxylic acids is 2. The van der Waals surface area contributed by atoms with Crippen LogP contribution in [0.2, 0.25) is 0 Å². The van der Waals surface area contributed by atoms with E-state index in [-0.39, 0.29) is 12.5 Å². The Kier molecular flexibility index (Phi) is 4.15. The second-order valence-corrected chi connectivity index (χ2v) is 5.99. The average Bonchev–Trinajstić information content (AvgIpc) is 2.86. The maximum Gasteiger partial charge on any atom is 0.325 e. The molecule has 3 rings (SSSR count). The van der Waals surface area contributed by atoms with E-state index in [2.05, 4.69) is 11.4 Å². The van der Waals surface area contributed by atoms with Gasteiger partial charge in [-0.25, -0.2) is 4.79 Å². The number of carbonyl (C=O) groups is 2. The average molecular weight is 335 g/mol. The number of hydrogen-bond acceptors (Lipinski definition) is 4. The molecule has 1 aliphatic rings. The number of nitrogens with zero attached hydrogens (tertiary/aromatic N) is 2. The molecule has 0 aromatic heterocycles. The van der Waals surface area contributed by atoms with Crippen LogP contribution in [-0.2, 0) is 16.9 Å². The maximum absolute atomic E-state index is 12.9. The van der Waals surface area contributed by atoms with Crippen LogP contribution in [0.3, 0.4) is 0 Å². The van der Waals surface area contributed by atoms with Crippen LogP contribution in [0.1, 0.15) is 23.6 Å². The molecular weight excluding hydrogens is 318 g/mol. The SMILES string of the molecule is COc1ccc(C2(C)NC(=O)N(Cc3cccc(C#N)c3)C2=O)cc1. The molecule has 0 radical (unpaired) electrons. The molecule has 6 heteroatoms. The highest BCUT2D eigenvalue weighted by Gasteiger charge is 2.48. The molecule has 2 aromatic carbocycles. The predicted octanol–water partition coefficient (Wildman–Crippen LogP) is 2.53. The monoisotopic (exact) mass is 335 g/mol. The largest absolute Gasteiger partial charge is 0.497 e. The first-order valence-corrected chi connectivity index (χ1v) is 7.75. The van der Waals surface area contributed by atoms with E-state index in [4.69, 9.17) is 10.00 Å². The van der Waals surface area contributed by atoms with Gasteiger partial charge in [0.1, 0.15) is 11.3 Å². The van der Waals surface area contributed by atoms with E-state index in [0.717, 1.165) is 5.56 Å². The van der Waals surface area contributed by atoms with Crippen molar-refractivity contribution < 1.29 is 14.3 Å². The van der Waals surface area contributed by atoms with Gasteiger partial charge in [0.15, 0.2) is 0 Å². The zero-order chi connectivity index (χ0) is 18.0. The molecule has 0 spiro atoms. The minimum absolute atomic E-state index is 0.117. The van der Waals surface area contributed by atoms with Crippen LogP contribution in [0.4, 0.5) is 4.79 Å². The minimum atomic E-state index is -1.13. The van der Waals surface area contributed by atoms with Gasteiger partial charge in [-0.15, -0.1) is 0 Å². The number of urea groups is 1. The molecule has 0 aliphatic carbocycles. The number of imide groups is 1. The second kappa shape index (κ2) is 6.29. The fraction of sp³-hybridized carbons (Fsp3) is 0.211. The van der Waals surface area contributed by atoms with Crippen LogP contribution in [0, 0.1) is 11.3 Å². The Bertz CT molecular complexity index is 870. The summed E-state index contributed by atoms with van der Waals surface area (Å²) in [4.78, 5) is 26.4. The Morgan fingerprint density at radius 3 is 2.56 bits per heavy atom. The van der Waals surface area contributed by atoms with Crippen LogP contribution in [0.15, 0.2) is 48.5 Å². The Balaban J connectivity index is 1.87. The fourth-order valence-corrected chi connectivity index (χ4v) is 2.88. The van der Waals surface area contributed by atoms with Crippen molar-refractivity contribution in [2.45, 2.75) is 19.0 Å². The van der Waals surface area contributed by atoms with Crippen LogP contribution < -0.4 is 10.1 Å². The van der Waals surface area contributed by atoms with Gasteiger partial charge in [-0.1, -0.05) is 24.3 Å². The highest BCUT2D eigenvalue weighted by Crippen LogP contribution is 2.30. The van der Waals surface area contributed by atoms with Gasteiger partial charge >= 0.3 is 6.03 Å². The molecule has 1 unspecified atom stereocenters. The van der Waals surface area contributed by atoms with Crippen molar-refractivity contribution in [3.8, 4) is 11.8 Å². The number of ether oxygens (including phenoxy) is 1. The van der Waals surface area contributed by atoms with E-state index in [1.165, 1.54) is 4.90 Å². The molecule has 1 aliphatic heterocycles. The zero-order valence-corrected chi connectivity index (χ0v) is 13.9. The molecule has 2 aromatic rings. The van der Waals surface area contributed by atoms with Gasteiger partial charge in [0.2, 0.25) is 0 Å². The first kappa shape index (κ1) is 16.5. The number of amides is 3. The molecule has 3 amide bonds. The van der Waals surface area contributed by atoms with Gasteiger partial charge in [-0.2, -0.15) is 5.26 Å². The molecule has 0 bridgehead atoms. The van der Waals surface area contributed by atoms with E-state index in [1.54, 1.807) is 62.6 Å². The van der Waals surface area contributed by atoms with Crippen molar-refractivity contribution in [3.05, 3.63) is 65.2 Å². The predicted molar refractivity (Wildman–Crippen MR) is 90.6 cm³/mol. The van der Waals surface area contributed by atoms with Crippen molar-refractivity contribution in [2.75, 3.05) is 7.11 Å². The summed E-state index contributed by atoms with van der Waals surface area (Å²) in [5, 5.41) is 11.7. The highest BCUT2D eigenvalue weighted by molar-refractivity contribution is 6.07. The molecule has 0 saturated carbocycles. The van der Waals surface area contributed by atoms with E-state index < -0.39 is 11.6 Å². The lowest BCUT2D eigenvalue weighted by atomic mass is 9.92. The molecule has 6 nitrogen and oxygen atoms in total. The first-order chi connectivity index (χ1) is 12.0. The zero-order valence-electron chi connectivity index (χ0n) is 13.9. The minimum Gasteiger partial charge on any atom is -0.497 e. The lowest BCUT2D eigenvalue weighted by Crippen LogP contribution is -2.40. The molecule has 1 heterocycles. The summed E-state index contributed by atoms with van der Waals surface area (Å²) in [7, 11) is 1.57. The highest BCUT2D eigenvalue weighted by atomic mass is 16.5. The third-order valence-electron chi connectivity index (χ3n) is 4.34. The fourth-order valence-electron chi connectivity index (χ4n) is 2.88. The van der Waals surface area contributed by atoms with E-state index >= 15 is 0 Å². The molecule has 1 fully saturated rings. The Morgan fingerprint density at radius 2 is 1.92 bits per heavy atom. The third-order valence-corrected chi connectivity index (χ3v) is 4.34.